The molecule has 3 heteroatoms. The molecule has 0 aromatic heterocycles. The Morgan fingerprint density at radius 2 is 2.08 bits per heavy atom. The van der Waals surface area contributed by atoms with Gasteiger partial charge >= 0.3 is 5.97 Å². The highest BCUT2D eigenvalue weighted by atomic mass is 16.4. The van der Waals surface area contributed by atoms with Gasteiger partial charge in [0.15, 0.2) is 0 Å². The highest BCUT2D eigenvalue weighted by molar-refractivity contribution is 5.71. The summed E-state index contributed by atoms with van der Waals surface area (Å²) in [4.78, 5) is 13.4. The molecular formula is C10H17NO2. The molecular weight excluding hydrogens is 166 g/mol. The summed E-state index contributed by atoms with van der Waals surface area (Å²) in [7, 11) is 0. The van der Waals surface area contributed by atoms with Crippen LogP contribution in [-0.2, 0) is 4.79 Å². The Bertz CT molecular complexity index is 209. The van der Waals surface area contributed by atoms with Gasteiger partial charge in [-0.05, 0) is 38.3 Å². The minimum absolute atomic E-state index is 0.0903. The van der Waals surface area contributed by atoms with Crippen LogP contribution in [0.2, 0.25) is 0 Å². The molecule has 13 heavy (non-hydrogen) atoms. The number of carboxylic acids is 1. The van der Waals surface area contributed by atoms with E-state index in [1.807, 2.05) is 0 Å². The molecule has 3 aliphatic heterocycles. The molecule has 0 spiro atoms. The van der Waals surface area contributed by atoms with Gasteiger partial charge in [0, 0.05) is 6.04 Å². The van der Waals surface area contributed by atoms with Crippen LogP contribution in [0.4, 0.5) is 0 Å². The normalized spacial score (nSPS) is 43.5. The average molecular weight is 183 g/mol. The molecule has 0 aliphatic carbocycles. The number of rotatable bonds is 2. The molecule has 3 nitrogen and oxygen atoms in total. The van der Waals surface area contributed by atoms with Gasteiger partial charge in [-0.3, -0.25) is 9.69 Å². The molecule has 0 radical (unpaired) electrons. The number of piperidine rings is 3. The fourth-order valence-electron chi connectivity index (χ4n) is 3.03. The number of hydrogen-bond acceptors (Lipinski definition) is 2. The van der Waals surface area contributed by atoms with Crippen molar-refractivity contribution in [2.45, 2.75) is 32.2 Å². The second-order valence-corrected chi connectivity index (χ2v) is 4.21. The van der Waals surface area contributed by atoms with E-state index in [1.165, 1.54) is 0 Å². The van der Waals surface area contributed by atoms with Crippen LogP contribution in [0.3, 0.4) is 0 Å². The third-order valence-electron chi connectivity index (χ3n) is 3.67. The van der Waals surface area contributed by atoms with Crippen LogP contribution in [0, 0.1) is 11.8 Å². The zero-order chi connectivity index (χ0) is 9.42. The van der Waals surface area contributed by atoms with Crippen molar-refractivity contribution in [2.75, 3.05) is 13.1 Å². The van der Waals surface area contributed by atoms with E-state index in [2.05, 4.69) is 11.8 Å². The Morgan fingerprint density at radius 1 is 1.46 bits per heavy atom. The van der Waals surface area contributed by atoms with Crippen molar-refractivity contribution >= 4 is 5.97 Å². The summed E-state index contributed by atoms with van der Waals surface area (Å²) in [5.74, 6) is -0.221. The predicted octanol–water partition coefficient (Wildman–Crippen LogP) is 1.19. The van der Waals surface area contributed by atoms with E-state index in [0.717, 1.165) is 32.4 Å². The number of aliphatic carboxylic acids is 1. The van der Waals surface area contributed by atoms with Crippen molar-refractivity contribution in [1.29, 1.82) is 0 Å². The monoisotopic (exact) mass is 183 g/mol. The van der Waals surface area contributed by atoms with Gasteiger partial charge in [0.05, 0.1) is 5.92 Å². The molecule has 0 aromatic carbocycles. The van der Waals surface area contributed by atoms with Crippen molar-refractivity contribution in [2.24, 2.45) is 11.8 Å². The van der Waals surface area contributed by atoms with Gasteiger partial charge in [0.1, 0.15) is 0 Å². The lowest BCUT2D eigenvalue weighted by atomic mass is 9.73. The summed E-state index contributed by atoms with van der Waals surface area (Å²) in [6, 6.07) is 0.310. The van der Waals surface area contributed by atoms with Gasteiger partial charge in [-0.15, -0.1) is 0 Å². The highest BCUT2D eigenvalue weighted by Crippen LogP contribution is 2.38. The summed E-state index contributed by atoms with van der Waals surface area (Å²) in [5.41, 5.74) is 0. The lowest BCUT2D eigenvalue weighted by Crippen LogP contribution is -2.56. The van der Waals surface area contributed by atoms with Gasteiger partial charge in [-0.2, -0.15) is 0 Å². The van der Waals surface area contributed by atoms with E-state index in [0.29, 0.717) is 12.0 Å². The molecule has 0 aromatic rings. The van der Waals surface area contributed by atoms with E-state index in [9.17, 15) is 4.79 Å². The Labute approximate surface area is 78.7 Å². The smallest absolute Gasteiger partial charge is 0.308 e. The molecule has 3 aliphatic rings. The lowest BCUT2D eigenvalue weighted by molar-refractivity contribution is -0.153. The summed E-state index contributed by atoms with van der Waals surface area (Å²) >= 11 is 0. The van der Waals surface area contributed by atoms with Crippen LogP contribution in [0.1, 0.15) is 26.2 Å². The second kappa shape index (κ2) is 3.29. The van der Waals surface area contributed by atoms with E-state index >= 15 is 0 Å². The van der Waals surface area contributed by atoms with Crippen LogP contribution in [0.15, 0.2) is 0 Å². The van der Waals surface area contributed by atoms with E-state index in [-0.39, 0.29) is 5.92 Å². The molecule has 0 saturated carbocycles. The zero-order valence-electron chi connectivity index (χ0n) is 8.07. The minimum Gasteiger partial charge on any atom is -0.481 e. The number of hydrogen-bond donors (Lipinski definition) is 1. The third-order valence-corrected chi connectivity index (χ3v) is 3.67. The van der Waals surface area contributed by atoms with Crippen LogP contribution >= 0.6 is 0 Å². The SMILES string of the molecule is CCC1C(C(=O)O)C2CCN1CC2. The maximum Gasteiger partial charge on any atom is 0.308 e. The number of carboxylic acid groups (broad SMARTS) is 1. The summed E-state index contributed by atoms with van der Waals surface area (Å²) in [6.45, 7) is 4.33. The fourth-order valence-corrected chi connectivity index (χ4v) is 3.03. The minimum atomic E-state index is -0.582. The summed E-state index contributed by atoms with van der Waals surface area (Å²) in [6.07, 6.45) is 3.16. The van der Waals surface area contributed by atoms with Gasteiger partial charge < -0.3 is 5.11 Å². The van der Waals surface area contributed by atoms with Crippen molar-refractivity contribution < 1.29 is 9.90 Å². The lowest BCUT2D eigenvalue weighted by Gasteiger charge is -2.49. The van der Waals surface area contributed by atoms with Crippen molar-refractivity contribution in [3.05, 3.63) is 0 Å². The van der Waals surface area contributed by atoms with Crippen molar-refractivity contribution in [1.82, 2.24) is 4.90 Å². The molecule has 3 fully saturated rings. The number of carbonyl (C=O) groups is 1. The van der Waals surface area contributed by atoms with Crippen LogP contribution in [0.25, 0.3) is 0 Å². The van der Waals surface area contributed by atoms with Crippen LogP contribution < -0.4 is 0 Å². The van der Waals surface area contributed by atoms with Crippen molar-refractivity contribution in [3.8, 4) is 0 Å². The Hall–Kier alpha value is -0.570. The topological polar surface area (TPSA) is 40.5 Å². The fraction of sp³-hybridized carbons (Fsp3) is 0.900. The molecule has 1 N–H and O–H groups in total. The molecule has 3 heterocycles. The molecule has 2 bridgehead atoms. The first-order valence-corrected chi connectivity index (χ1v) is 5.21. The molecule has 2 unspecified atom stereocenters. The van der Waals surface area contributed by atoms with E-state index in [1.54, 1.807) is 0 Å². The van der Waals surface area contributed by atoms with E-state index < -0.39 is 5.97 Å². The number of nitrogens with zero attached hydrogens (tertiary/aromatic N) is 1. The summed E-state index contributed by atoms with van der Waals surface area (Å²) in [5, 5.41) is 9.14. The van der Waals surface area contributed by atoms with Gasteiger partial charge in [0.25, 0.3) is 0 Å². The maximum atomic E-state index is 11.1. The van der Waals surface area contributed by atoms with Crippen LogP contribution in [0.5, 0.6) is 0 Å². The van der Waals surface area contributed by atoms with Crippen LogP contribution in [-0.4, -0.2) is 35.1 Å². The van der Waals surface area contributed by atoms with E-state index in [4.69, 9.17) is 5.11 Å². The average Bonchev–Trinajstić information content (AvgIpc) is 2.17. The Kier molecular flexibility index (Phi) is 2.28. The quantitative estimate of drug-likeness (QED) is 0.699. The van der Waals surface area contributed by atoms with Gasteiger partial charge in [-0.25, -0.2) is 0 Å². The molecule has 3 saturated heterocycles. The largest absolute Gasteiger partial charge is 0.481 e. The standard InChI is InChI=1S/C10H17NO2/c1-2-8-9(10(12)13)7-3-5-11(8)6-4-7/h7-9H,2-6H2,1H3,(H,12,13). The third kappa shape index (κ3) is 1.35. The van der Waals surface area contributed by atoms with Crippen molar-refractivity contribution in [3.63, 3.8) is 0 Å². The maximum absolute atomic E-state index is 11.1. The number of fused-ring (bicyclic) bond motifs is 3. The first kappa shape index (κ1) is 9.00. The Morgan fingerprint density at radius 3 is 2.46 bits per heavy atom. The predicted molar refractivity (Wildman–Crippen MR) is 49.5 cm³/mol. The zero-order valence-corrected chi connectivity index (χ0v) is 8.07. The second-order valence-electron chi connectivity index (χ2n) is 4.21. The molecule has 2 atom stereocenters. The first-order valence-electron chi connectivity index (χ1n) is 5.21. The highest BCUT2D eigenvalue weighted by Gasteiger charge is 2.44. The summed E-state index contributed by atoms with van der Waals surface area (Å²) < 4.78 is 0. The molecule has 0 amide bonds. The molecule has 74 valence electrons. The van der Waals surface area contributed by atoms with Gasteiger partial charge in [-0.1, -0.05) is 6.92 Å². The first-order chi connectivity index (χ1) is 6.24. The molecule has 3 rings (SSSR count). The Balaban J connectivity index is 2.18. The van der Waals surface area contributed by atoms with Gasteiger partial charge in [0.2, 0.25) is 0 Å².